The summed E-state index contributed by atoms with van der Waals surface area (Å²) in [4.78, 5) is 15.9. The van der Waals surface area contributed by atoms with Crippen LogP contribution in [0.25, 0.3) is 0 Å². The molecule has 4 heteroatoms. The van der Waals surface area contributed by atoms with Gasteiger partial charge >= 0.3 is 0 Å². The molecule has 1 aliphatic carbocycles. The third-order valence-electron chi connectivity index (χ3n) is 6.47. The second-order valence-electron chi connectivity index (χ2n) is 7.98. The van der Waals surface area contributed by atoms with E-state index in [2.05, 4.69) is 29.2 Å². The van der Waals surface area contributed by atoms with Gasteiger partial charge in [0.15, 0.2) is 0 Å². The van der Waals surface area contributed by atoms with Gasteiger partial charge in [-0.05, 0) is 60.2 Å². The molecule has 0 N–H and O–H groups in total. The summed E-state index contributed by atoms with van der Waals surface area (Å²) >= 11 is 0. The molecule has 1 aliphatic heterocycles. The highest BCUT2D eigenvalue weighted by Crippen LogP contribution is 2.42. The molecule has 1 saturated carbocycles. The zero-order valence-electron chi connectivity index (χ0n) is 16.9. The van der Waals surface area contributed by atoms with E-state index >= 15 is 0 Å². The molecule has 2 aromatic carbocycles. The molecule has 1 heterocycles. The van der Waals surface area contributed by atoms with Crippen molar-refractivity contribution in [1.82, 2.24) is 4.90 Å². The fourth-order valence-corrected chi connectivity index (χ4v) is 4.83. The van der Waals surface area contributed by atoms with Crippen molar-refractivity contribution in [2.45, 2.75) is 50.5 Å². The Kier molecular flexibility index (Phi) is 5.29. The van der Waals surface area contributed by atoms with Gasteiger partial charge in [0.2, 0.25) is 5.91 Å². The molecule has 4 nitrogen and oxygen atoms in total. The maximum absolute atomic E-state index is 13.9. The van der Waals surface area contributed by atoms with Gasteiger partial charge in [-0.3, -0.25) is 4.79 Å². The van der Waals surface area contributed by atoms with Crippen LogP contribution >= 0.6 is 0 Å². The first kappa shape index (κ1) is 18.9. The Hall–Kier alpha value is -2.49. The molecule has 1 fully saturated rings. The summed E-state index contributed by atoms with van der Waals surface area (Å²) in [6.45, 7) is 1.46. The Morgan fingerprint density at radius 2 is 1.57 bits per heavy atom. The van der Waals surface area contributed by atoms with E-state index in [1.165, 1.54) is 17.5 Å². The highest BCUT2D eigenvalue weighted by molar-refractivity contribution is 5.88. The van der Waals surface area contributed by atoms with E-state index in [0.717, 1.165) is 55.7 Å². The van der Waals surface area contributed by atoms with Crippen LogP contribution in [0.1, 0.15) is 48.8 Å². The van der Waals surface area contributed by atoms with Crippen LogP contribution in [0.3, 0.4) is 0 Å². The molecule has 28 heavy (non-hydrogen) atoms. The average Bonchev–Trinajstić information content (AvgIpc) is 2.78. The predicted octanol–water partition coefficient (Wildman–Crippen LogP) is 4.49. The highest BCUT2D eigenvalue weighted by Gasteiger charge is 2.44. The van der Waals surface area contributed by atoms with Crippen molar-refractivity contribution in [3.05, 3.63) is 59.2 Å². The normalized spacial score (nSPS) is 18.3. The number of fused-ring (bicyclic) bond motifs is 1. The zero-order chi connectivity index (χ0) is 19.6. The first-order chi connectivity index (χ1) is 13.7. The lowest BCUT2D eigenvalue weighted by Gasteiger charge is -2.42. The first-order valence-electron chi connectivity index (χ1n) is 10.3. The monoisotopic (exact) mass is 379 g/mol. The third-order valence-corrected chi connectivity index (χ3v) is 6.47. The molecular weight excluding hydrogens is 350 g/mol. The van der Waals surface area contributed by atoms with Gasteiger partial charge in [-0.25, -0.2) is 0 Å². The molecule has 1 amide bonds. The number of ether oxygens (including phenoxy) is 2. The number of nitrogens with zero attached hydrogens (tertiary/aromatic N) is 1. The van der Waals surface area contributed by atoms with Gasteiger partial charge in [0, 0.05) is 13.1 Å². The third kappa shape index (κ3) is 3.36. The fraction of sp³-hybridized carbons (Fsp3) is 0.458. The summed E-state index contributed by atoms with van der Waals surface area (Å²) in [5.74, 6) is 1.97. The molecule has 0 atom stereocenters. The van der Waals surface area contributed by atoms with Crippen LogP contribution in [0.15, 0.2) is 42.5 Å². The zero-order valence-corrected chi connectivity index (χ0v) is 16.9. The van der Waals surface area contributed by atoms with Gasteiger partial charge < -0.3 is 14.4 Å². The van der Waals surface area contributed by atoms with Crippen LogP contribution in [0, 0.1) is 0 Å². The van der Waals surface area contributed by atoms with E-state index in [1.807, 2.05) is 18.2 Å². The number of methoxy groups -OCH3 is 2. The predicted molar refractivity (Wildman–Crippen MR) is 110 cm³/mol. The number of rotatable bonds is 4. The SMILES string of the molecule is COc1ccc(C2(C(=O)N3CCc4ccc(OC)cc4C3)CCCCC2)cc1. The number of hydrogen-bond acceptors (Lipinski definition) is 3. The largest absolute Gasteiger partial charge is 0.497 e. The molecule has 0 unspecified atom stereocenters. The summed E-state index contributed by atoms with van der Waals surface area (Å²) in [5, 5.41) is 0. The van der Waals surface area contributed by atoms with Crippen LogP contribution in [-0.2, 0) is 23.2 Å². The van der Waals surface area contributed by atoms with Crippen LogP contribution in [0.2, 0.25) is 0 Å². The number of carbonyl (C=O) groups excluding carboxylic acids is 1. The molecule has 0 spiro atoms. The lowest BCUT2D eigenvalue weighted by molar-refractivity contribution is -0.139. The van der Waals surface area contributed by atoms with Crippen molar-refractivity contribution in [1.29, 1.82) is 0 Å². The van der Waals surface area contributed by atoms with Crippen molar-refractivity contribution in [2.24, 2.45) is 0 Å². The van der Waals surface area contributed by atoms with Crippen molar-refractivity contribution < 1.29 is 14.3 Å². The van der Waals surface area contributed by atoms with Crippen molar-refractivity contribution in [2.75, 3.05) is 20.8 Å². The van der Waals surface area contributed by atoms with Gasteiger partial charge in [0.1, 0.15) is 11.5 Å². The summed E-state index contributed by atoms with van der Waals surface area (Å²) in [6, 6.07) is 14.4. The molecule has 0 radical (unpaired) electrons. The Bertz CT molecular complexity index is 837. The lowest BCUT2D eigenvalue weighted by Crippen LogP contribution is -2.49. The molecule has 0 saturated heterocycles. The van der Waals surface area contributed by atoms with Crippen molar-refractivity contribution >= 4 is 5.91 Å². The second kappa shape index (κ2) is 7.86. The van der Waals surface area contributed by atoms with E-state index < -0.39 is 5.41 Å². The molecule has 2 aliphatic rings. The second-order valence-corrected chi connectivity index (χ2v) is 7.98. The number of carbonyl (C=O) groups is 1. The molecular formula is C24H29NO3. The first-order valence-corrected chi connectivity index (χ1v) is 10.3. The molecule has 2 aromatic rings. The summed E-state index contributed by atoms with van der Waals surface area (Å²) in [6.07, 6.45) is 6.19. The Balaban J connectivity index is 1.64. The van der Waals surface area contributed by atoms with Gasteiger partial charge in [0.25, 0.3) is 0 Å². The van der Waals surface area contributed by atoms with Gasteiger partial charge in [-0.2, -0.15) is 0 Å². The van der Waals surface area contributed by atoms with Gasteiger partial charge in [0.05, 0.1) is 19.6 Å². The Morgan fingerprint density at radius 3 is 2.25 bits per heavy atom. The minimum Gasteiger partial charge on any atom is -0.497 e. The van der Waals surface area contributed by atoms with Crippen LogP contribution in [-0.4, -0.2) is 31.6 Å². The van der Waals surface area contributed by atoms with E-state index in [4.69, 9.17) is 9.47 Å². The minimum atomic E-state index is -0.402. The van der Waals surface area contributed by atoms with Crippen LogP contribution in [0.4, 0.5) is 0 Å². The smallest absolute Gasteiger partial charge is 0.233 e. The van der Waals surface area contributed by atoms with E-state index in [0.29, 0.717) is 6.54 Å². The maximum Gasteiger partial charge on any atom is 0.233 e. The van der Waals surface area contributed by atoms with Gasteiger partial charge in [-0.1, -0.05) is 37.5 Å². The lowest BCUT2D eigenvalue weighted by atomic mass is 9.68. The molecule has 4 rings (SSSR count). The molecule has 0 aromatic heterocycles. The number of hydrogen-bond donors (Lipinski definition) is 0. The highest BCUT2D eigenvalue weighted by atomic mass is 16.5. The Morgan fingerprint density at radius 1 is 0.893 bits per heavy atom. The average molecular weight is 380 g/mol. The summed E-state index contributed by atoms with van der Waals surface area (Å²) in [5.41, 5.74) is 3.27. The van der Waals surface area contributed by atoms with E-state index in [-0.39, 0.29) is 5.91 Å². The molecule has 0 bridgehead atoms. The molecule has 148 valence electrons. The standard InChI is InChI=1S/C24H29NO3/c1-27-21-10-7-20(8-11-21)24(13-4-3-5-14-24)23(26)25-15-12-18-6-9-22(28-2)16-19(18)17-25/h6-11,16H,3-5,12-15,17H2,1-2H3. The summed E-state index contributed by atoms with van der Waals surface area (Å²) in [7, 11) is 3.37. The minimum absolute atomic E-state index is 0.283. The van der Waals surface area contributed by atoms with Crippen LogP contribution < -0.4 is 9.47 Å². The number of amides is 1. The van der Waals surface area contributed by atoms with E-state index in [1.54, 1.807) is 14.2 Å². The fourth-order valence-electron chi connectivity index (χ4n) is 4.83. The quantitative estimate of drug-likeness (QED) is 0.786. The van der Waals surface area contributed by atoms with Crippen molar-refractivity contribution in [3.8, 4) is 11.5 Å². The Labute approximate surface area is 167 Å². The van der Waals surface area contributed by atoms with Crippen LogP contribution in [0.5, 0.6) is 11.5 Å². The van der Waals surface area contributed by atoms with Gasteiger partial charge in [-0.15, -0.1) is 0 Å². The maximum atomic E-state index is 13.9. The summed E-state index contributed by atoms with van der Waals surface area (Å²) < 4.78 is 10.7. The number of benzene rings is 2. The topological polar surface area (TPSA) is 38.8 Å². The van der Waals surface area contributed by atoms with E-state index in [9.17, 15) is 4.79 Å². The van der Waals surface area contributed by atoms with Crippen molar-refractivity contribution in [3.63, 3.8) is 0 Å².